The summed E-state index contributed by atoms with van der Waals surface area (Å²) in [6, 6.07) is 0. The number of hydrogen-bond acceptors (Lipinski definition) is 4. The maximum absolute atomic E-state index is 12.1. The lowest BCUT2D eigenvalue weighted by atomic mass is 9.80. The van der Waals surface area contributed by atoms with Crippen molar-refractivity contribution in [2.24, 2.45) is 17.3 Å². The molecule has 0 fully saturated rings. The topological polar surface area (TPSA) is 66.8 Å². The van der Waals surface area contributed by atoms with Gasteiger partial charge < -0.3 is 14.9 Å². The SMILES string of the molecule is CCCCC(CC)C(=O)OC(O)C(C)(C)C(O)C(C)C. The fourth-order valence-corrected chi connectivity index (χ4v) is 2.30. The molecule has 0 spiro atoms. The van der Waals surface area contributed by atoms with E-state index in [4.69, 9.17) is 4.74 Å². The summed E-state index contributed by atoms with van der Waals surface area (Å²) in [5.74, 6) is -0.547. The molecule has 0 aromatic heterocycles. The molecule has 20 heavy (non-hydrogen) atoms. The van der Waals surface area contributed by atoms with Crippen LogP contribution in [0, 0.1) is 17.3 Å². The molecule has 0 aromatic carbocycles. The van der Waals surface area contributed by atoms with Crippen molar-refractivity contribution in [1.29, 1.82) is 0 Å². The molecule has 2 N–H and O–H groups in total. The van der Waals surface area contributed by atoms with Gasteiger partial charge in [-0.05, 0) is 18.8 Å². The van der Waals surface area contributed by atoms with Crippen LogP contribution in [-0.4, -0.2) is 28.6 Å². The number of ether oxygens (including phenoxy) is 1. The number of rotatable bonds is 9. The largest absolute Gasteiger partial charge is 0.435 e. The zero-order valence-electron chi connectivity index (χ0n) is 13.8. The second-order valence-corrected chi connectivity index (χ2v) is 6.55. The minimum absolute atomic E-state index is 0.0135. The Bertz CT molecular complexity index is 286. The van der Waals surface area contributed by atoms with Gasteiger partial charge in [0.25, 0.3) is 0 Å². The highest BCUT2D eigenvalue weighted by atomic mass is 16.6. The van der Waals surface area contributed by atoms with Gasteiger partial charge in [-0.1, -0.05) is 54.4 Å². The molecule has 0 heterocycles. The van der Waals surface area contributed by atoms with Gasteiger partial charge in [-0.3, -0.25) is 4.79 Å². The number of aliphatic hydroxyl groups excluding tert-OH is 2. The van der Waals surface area contributed by atoms with E-state index in [1.54, 1.807) is 13.8 Å². The van der Waals surface area contributed by atoms with Crippen LogP contribution in [0.5, 0.6) is 0 Å². The molecule has 0 aliphatic carbocycles. The first-order valence-electron chi connectivity index (χ1n) is 7.75. The molecule has 0 radical (unpaired) electrons. The summed E-state index contributed by atoms with van der Waals surface area (Å²) in [4.78, 5) is 12.1. The van der Waals surface area contributed by atoms with Crippen LogP contribution in [0.1, 0.15) is 67.2 Å². The second-order valence-electron chi connectivity index (χ2n) is 6.55. The third-order valence-electron chi connectivity index (χ3n) is 3.99. The fourth-order valence-electron chi connectivity index (χ4n) is 2.30. The van der Waals surface area contributed by atoms with Crippen molar-refractivity contribution in [3.8, 4) is 0 Å². The lowest BCUT2D eigenvalue weighted by Crippen LogP contribution is -2.45. The van der Waals surface area contributed by atoms with Crippen molar-refractivity contribution in [3.05, 3.63) is 0 Å². The fraction of sp³-hybridized carbons (Fsp3) is 0.938. The summed E-state index contributed by atoms with van der Waals surface area (Å²) in [6.45, 7) is 11.2. The van der Waals surface area contributed by atoms with Gasteiger partial charge >= 0.3 is 5.97 Å². The molecule has 120 valence electrons. The monoisotopic (exact) mass is 288 g/mol. The van der Waals surface area contributed by atoms with Crippen LogP contribution in [-0.2, 0) is 9.53 Å². The molecule has 4 nitrogen and oxygen atoms in total. The van der Waals surface area contributed by atoms with Crippen molar-refractivity contribution >= 4 is 5.97 Å². The molecule has 0 aliphatic rings. The lowest BCUT2D eigenvalue weighted by Gasteiger charge is -2.36. The summed E-state index contributed by atoms with van der Waals surface area (Å²) in [6.07, 6.45) is 1.47. The third-order valence-corrected chi connectivity index (χ3v) is 3.99. The molecule has 0 aromatic rings. The third kappa shape index (κ3) is 5.41. The summed E-state index contributed by atoms with van der Waals surface area (Å²) in [5, 5.41) is 20.3. The number of unbranched alkanes of at least 4 members (excludes halogenated alkanes) is 1. The Morgan fingerprint density at radius 2 is 1.75 bits per heavy atom. The van der Waals surface area contributed by atoms with Gasteiger partial charge in [0.2, 0.25) is 6.29 Å². The van der Waals surface area contributed by atoms with Gasteiger partial charge in [0.15, 0.2) is 0 Å². The van der Waals surface area contributed by atoms with Gasteiger partial charge in [0.05, 0.1) is 17.4 Å². The van der Waals surface area contributed by atoms with Crippen molar-refractivity contribution in [3.63, 3.8) is 0 Å². The van der Waals surface area contributed by atoms with Crippen molar-refractivity contribution in [2.75, 3.05) is 0 Å². The molecule has 0 aliphatic heterocycles. The van der Waals surface area contributed by atoms with Crippen LogP contribution >= 0.6 is 0 Å². The molecule has 3 atom stereocenters. The zero-order valence-corrected chi connectivity index (χ0v) is 13.8. The van der Waals surface area contributed by atoms with Crippen LogP contribution in [0.2, 0.25) is 0 Å². The van der Waals surface area contributed by atoms with E-state index in [0.29, 0.717) is 6.42 Å². The molecule has 0 saturated carbocycles. The van der Waals surface area contributed by atoms with E-state index in [9.17, 15) is 15.0 Å². The standard InChI is InChI=1S/C16H32O4/c1-7-9-10-12(8-2)14(18)20-15(19)16(5,6)13(17)11(3)4/h11-13,15,17,19H,7-10H2,1-6H3. The van der Waals surface area contributed by atoms with E-state index in [-0.39, 0.29) is 17.8 Å². The van der Waals surface area contributed by atoms with Crippen molar-refractivity contribution in [2.45, 2.75) is 79.6 Å². The molecule has 3 unspecified atom stereocenters. The van der Waals surface area contributed by atoms with Gasteiger partial charge in [-0.25, -0.2) is 0 Å². The van der Waals surface area contributed by atoms with Gasteiger partial charge in [-0.2, -0.15) is 0 Å². The summed E-state index contributed by atoms with van der Waals surface area (Å²) in [5.41, 5.74) is -0.882. The predicted octanol–water partition coefficient (Wildman–Crippen LogP) is 3.11. The quantitative estimate of drug-likeness (QED) is 0.505. The Morgan fingerprint density at radius 3 is 2.15 bits per heavy atom. The summed E-state index contributed by atoms with van der Waals surface area (Å²) in [7, 11) is 0. The maximum Gasteiger partial charge on any atom is 0.311 e. The Balaban J connectivity index is 4.64. The number of aliphatic hydroxyl groups is 2. The maximum atomic E-state index is 12.1. The van der Waals surface area contributed by atoms with Gasteiger partial charge in [-0.15, -0.1) is 0 Å². The molecule has 0 bridgehead atoms. The molecule has 4 heteroatoms. The highest BCUT2D eigenvalue weighted by molar-refractivity contribution is 5.72. The molecular weight excluding hydrogens is 256 g/mol. The van der Waals surface area contributed by atoms with E-state index in [2.05, 4.69) is 6.92 Å². The van der Waals surface area contributed by atoms with E-state index >= 15 is 0 Å². The Kier molecular flexibility index (Phi) is 8.36. The molecule has 0 amide bonds. The van der Waals surface area contributed by atoms with E-state index in [0.717, 1.165) is 19.3 Å². The first-order chi connectivity index (χ1) is 9.18. The van der Waals surface area contributed by atoms with Crippen LogP contribution in [0.4, 0.5) is 0 Å². The molecule has 0 saturated heterocycles. The second kappa shape index (κ2) is 8.63. The molecular formula is C16H32O4. The Morgan fingerprint density at radius 1 is 1.20 bits per heavy atom. The van der Waals surface area contributed by atoms with Crippen molar-refractivity contribution < 1.29 is 19.7 Å². The number of carbonyl (C=O) groups is 1. The zero-order chi connectivity index (χ0) is 15.9. The van der Waals surface area contributed by atoms with Gasteiger partial charge in [0, 0.05) is 0 Å². The lowest BCUT2D eigenvalue weighted by molar-refractivity contribution is -0.211. The van der Waals surface area contributed by atoms with Crippen molar-refractivity contribution in [1.82, 2.24) is 0 Å². The van der Waals surface area contributed by atoms with E-state index in [1.807, 2.05) is 20.8 Å². The minimum Gasteiger partial charge on any atom is -0.435 e. The number of esters is 1. The van der Waals surface area contributed by atoms with E-state index in [1.165, 1.54) is 0 Å². The number of hydrogen-bond donors (Lipinski definition) is 2. The van der Waals surface area contributed by atoms with Crippen LogP contribution < -0.4 is 0 Å². The Hall–Kier alpha value is -0.610. The van der Waals surface area contributed by atoms with E-state index < -0.39 is 17.8 Å². The highest BCUT2D eigenvalue weighted by Gasteiger charge is 2.40. The van der Waals surface area contributed by atoms with Gasteiger partial charge in [0.1, 0.15) is 0 Å². The normalized spacial score (nSPS) is 16.9. The average Bonchev–Trinajstić information content (AvgIpc) is 2.38. The number of carbonyl (C=O) groups excluding carboxylic acids is 1. The average molecular weight is 288 g/mol. The predicted molar refractivity (Wildman–Crippen MR) is 80.0 cm³/mol. The van der Waals surface area contributed by atoms with Crippen LogP contribution in [0.15, 0.2) is 0 Å². The summed E-state index contributed by atoms with van der Waals surface area (Å²) >= 11 is 0. The first-order valence-corrected chi connectivity index (χ1v) is 7.75. The van der Waals surface area contributed by atoms with Crippen LogP contribution in [0.3, 0.4) is 0 Å². The van der Waals surface area contributed by atoms with Crippen LogP contribution in [0.25, 0.3) is 0 Å². The highest BCUT2D eigenvalue weighted by Crippen LogP contribution is 2.31. The minimum atomic E-state index is -1.29. The molecule has 0 rings (SSSR count). The first kappa shape index (κ1) is 19.4. The Labute approximate surface area is 123 Å². The summed E-state index contributed by atoms with van der Waals surface area (Å²) < 4.78 is 5.19. The smallest absolute Gasteiger partial charge is 0.311 e.